The normalized spacial score (nSPS) is 18.4. The number of anilines is 2. The number of carbonyl (C=O) groups is 1. The van der Waals surface area contributed by atoms with E-state index in [0.717, 1.165) is 48.1 Å². The Bertz CT molecular complexity index is 1570. The third-order valence-corrected chi connectivity index (χ3v) is 8.20. The minimum atomic E-state index is -0.0124. The van der Waals surface area contributed by atoms with Crippen molar-refractivity contribution >= 4 is 17.8 Å². The van der Waals surface area contributed by atoms with Crippen molar-refractivity contribution in [2.45, 2.75) is 57.0 Å². The largest absolute Gasteiger partial charge is 0.381 e. The predicted octanol–water partition coefficient (Wildman–Crippen LogP) is 4.12. The Kier molecular flexibility index (Phi) is 8.65. The zero-order valence-electron chi connectivity index (χ0n) is 24.3. The molecule has 4 heterocycles. The van der Waals surface area contributed by atoms with Crippen LogP contribution in [0.5, 0.6) is 0 Å². The molecule has 1 N–H and O–H groups in total. The topological polar surface area (TPSA) is 135 Å². The molecule has 1 saturated carbocycles. The second kappa shape index (κ2) is 13.1. The number of hydrogen-bond acceptors (Lipinski definition) is 9. The zero-order valence-corrected chi connectivity index (χ0v) is 24.3. The fraction of sp³-hybridized carbons (Fsp3) is 0.406. The monoisotopic (exact) mass is 577 g/mol. The number of hydrogen-bond donors (Lipinski definition) is 1. The van der Waals surface area contributed by atoms with Gasteiger partial charge in [-0.3, -0.25) is 14.4 Å². The van der Waals surface area contributed by atoms with Crippen LogP contribution in [0, 0.1) is 17.2 Å². The van der Waals surface area contributed by atoms with E-state index in [-0.39, 0.29) is 18.0 Å². The van der Waals surface area contributed by atoms with Crippen molar-refractivity contribution < 1.29 is 9.53 Å². The van der Waals surface area contributed by atoms with Gasteiger partial charge in [0.05, 0.1) is 36.9 Å². The average molecular weight is 578 g/mol. The van der Waals surface area contributed by atoms with Crippen molar-refractivity contribution in [1.29, 1.82) is 5.26 Å². The van der Waals surface area contributed by atoms with Crippen molar-refractivity contribution in [3.8, 4) is 17.2 Å². The molecule has 6 rings (SSSR count). The smallest absolute Gasteiger partial charge is 0.232 e. The first-order valence-electron chi connectivity index (χ1n) is 14.8. The Morgan fingerprint density at radius 1 is 1.05 bits per heavy atom. The van der Waals surface area contributed by atoms with Gasteiger partial charge in [-0.25, -0.2) is 19.9 Å². The van der Waals surface area contributed by atoms with E-state index < -0.39 is 0 Å². The van der Waals surface area contributed by atoms with Crippen LogP contribution in [-0.2, 0) is 29.4 Å². The van der Waals surface area contributed by atoms with Crippen LogP contribution in [0.25, 0.3) is 11.1 Å². The van der Waals surface area contributed by atoms with Gasteiger partial charge in [-0.1, -0.05) is 30.3 Å². The lowest BCUT2D eigenvalue weighted by atomic mass is 9.90. The van der Waals surface area contributed by atoms with Crippen molar-refractivity contribution in [3.63, 3.8) is 0 Å². The summed E-state index contributed by atoms with van der Waals surface area (Å²) in [4.78, 5) is 33.9. The van der Waals surface area contributed by atoms with E-state index in [4.69, 9.17) is 4.74 Å². The standard InChI is InChI=1S/C32H35N9O2/c1-40-19-26(18-37-40)25-16-35-32(36-17-25)41(30(42)12-7-22-5-3-2-4-6-22)28-10-8-27(9-11-28)38-31-34-15-24(14-33)29(39-31)13-23-20-43-21-23/h2-6,15-19,23,27-28H,7-13,20-21H2,1H3,(H,34,38,39). The van der Waals surface area contributed by atoms with Gasteiger partial charge in [0.15, 0.2) is 0 Å². The second-order valence-corrected chi connectivity index (χ2v) is 11.3. The van der Waals surface area contributed by atoms with E-state index in [1.165, 1.54) is 0 Å². The molecule has 43 heavy (non-hydrogen) atoms. The summed E-state index contributed by atoms with van der Waals surface area (Å²) in [5, 5.41) is 17.2. The molecule has 1 saturated heterocycles. The second-order valence-electron chi connectivity index (χ2n) is 11.3. The van der Waals surface area contributed by atoms with E-state index in [2.05, 4.69) is 36.4 Å². The highest BCUT2D eigenvalue weighted by atomic mass is 16.5. The van der Waals surface area contributed by atoms with Crippen LogP contribution in [0.1, 0.15) is 48.9 Å². The Morgan fingerprint density at radius 3 is 2.47 bits per heavy atom. The number of carbonyl (C=O) groups excluding carboxylic acids is 1. The quantitative estimate of drug-likeness (QED) is 0.295. The molecule has 1 aliphatic carbocycles. The molecular formula is C32H35N9O2. The van der Waals surface area contributed by atoms with Gasteiger partial charge in [0.2, 0.25) is 17.8 Å². The molecule has 1 aromatic carbocycles. The van der Waals surface area contributed by atoms with E-state index in [1.54, 1.807) is 29.5 Å². The van der Waals surface area contributed by atoms with Gasteiger partial charge in [0.1, 0.15) is 6.07 Å². The number of rotatable bonds is 10. The number of nitrogens with one attached hydrogen (secondary N) is 1. The summed E-state index contributed by atoms with van der Waals surface area (Å²) in [6.45, 7) is 1.41. The number of aromatic nitrogens is 6. The van der Waals surface area contributed by atoms with Crippen molar-refractivity contribution in [2.75, 3.05) is 23.4 Å². The van der Waals surface area contributed by atoms with Crippen molar-refractivity contribution in [2.24, 2.45) is 13.0 Å². The number of aryl methyl sites for hydroxylation is 2. The molecule has 1 aliphatic heterocycles. The van der Waals surface area contributed by atoms with Crippen LogP contribution in [0.2, 0.25) is 0 Å². The molecule has 2 fully saturated rings. The molecule has 0 bridgehead atoms. The summed E-state index contributed by atoms with van der Waals surface area (Å²) >= 11 is 0. The third kappa shape index (κ3) is 6.87. The minimum Gasteiger partial charge on any atom is -0.381 e. The Morgan fingerprint density at radius 2 is 1.81 bits per heavy atom. The summed E-state index contributed by atoms with van der Waals surface area (Å²) in [7, 11) is 1.87. The number of amides is 1. The maximum Gasteiger partial charge on any atom is 0.232 e. The van der Waals surface area contributed by atoms with E-state index in [9.17, 15) is 10.1 Å². The van der Waals surface area contributed by atoms with Crippen LogP contribution in [0.3, 0.4) is 0 Å². The molecular weight excluding hydrogens is 542 g/mol. The summed E-state index contributed by atoms with van der Waals surface area (Å²) in [6.07, 6.45) is 13.9. The van der Waals surface area contributed by atoms with Crippen molar-refractivity contribution in [3.05, 3.63) is 78.1 Å². The first-order chi connectivity index (χ1) is 21.1. The number of nitriles is 1. The SMILES string of the molecule is Cn1cc(-c2cnc(N(C(=O)CCc3ccccc3)C3CCC(Nc4ncc(C#N)c(CC5COC5)n4)CC3)nc2)cn1. The van der Waals surface area contributed by atoms with Gasteiger partial charge in [-0.2, -0.15) is 10.4 Å². The summed E-state index contributed by atoms with van der Waals surface area (Å²) < 4.78 is 7.03. The number of nitrogens with zero attached hydrogens (tertiary/aromatic N) is 8. The van der Waals surface area contributed by atoms with Crippen LogP contribution >= 0.6 is 0 Å². The summed E-state index contributed by atoms with van der Waals surface area (Å²) in [5.74, 6) is 1.40. The lowest BCUT2D eigenvalue weighted by molar-refractivity contribution is -0.119. The molecule has 4 aromatic rings. The maximum absolute atomic E-state index is 13.7. The molecule has 2 aliphatic rings. The van der Waals surface area contributed by atoms with Crippen molar-refractivity contribution in [1.82, 2.24) is 29.7 Å². The minimum absolute atomic E-state index is 0.0124. The van der Waals surface area contributed by atoms with Gasteiger partial charge in [0.25, 0.3) is 0 Å². The molecule has 0 radical (unpaired) electrons. The zero-order chi connectivity index (χ0) is 29.6. The fourth-order valence-corrected chi connectivity index (χ4v) is 5.73. The molecule has 3 aromatic heterocycles. The van der Waals surface area contributed by atoms with Crippen LogP contribution < -0.4 is 10.2 Å². The van der Waals surface area contributed by atoms with Gasteiger partial charge in [-0.15, -0.1) is 0 Å². The molecule has 0 atom stereocenters. The molecule has 220 valence electrons. The molecule has 11 nitrogen and oxygen atoms in total. The summed E-state index contributed by atoms with van der Waals surface area (Å²) in [6, 6.07) is 12.4. The Hall–Kier alpha value is -4.69. The van der Waals surface area contributed by atoms with Crippen LogP contribution in [-0.4, -0.2) is 60.9 Å². The predicted molar refractivity (Wildman–Crippen MR) is 161 cm³/mol. The highest BCUT2D eigenvalue weighted by molar-refractivity contribution is 5.92. The van der Waals surface area contributed by atoms with E-state index >= 15 is 0 Å². The Balaban J connectivity index is 1.14. The first kappa shape index (κ1) is 28.4. The van der Waals surface area contributed by atoms with E-state index in [1.807, 2.05) is 48.5 Å². The van der Waals surface area contributed by atoms with Gasteiger partial charge < -0.3 is 10.1 Å². The highest BCUT2D eigenvalue weighted by Crippen LogP contribution is 2.29. The van der Waals surface area contributed by atoms with Gasteiger partial charge >= 0.3 is 0 Å². The lowest BCUT2D eigenvalue weighted by Crippen LogP contribution is -2.45. The molecule has 0 unspecified atom stereocenters. The maximum atomic E-state index is 13.7. The van der Waals surface area contributed by atoms with Gasteiger partial charge in [-0.05, 0) is 44.1 Å². The van der Waals surface area contributed by atoms with Gasteiger partial charge in [0, 0.05) is 61.2 Å². The summed E-state index contributed by atoms with van der Waals surface area (Å²) in [5.41, 5.74) is 4.19. The number of ether oxygens (including phenoxy) is 1. The first-order valence-corrected chi connectivity index (χ1v) is 14.8. The number of benzene rings is 1. The highest BCUT2D eigenvalue weighted by Gasteiger charge is 2.32. The van der Waals surface area contributed by atoms with Crippen LogP contribution in [0.4, 0.5) is 11.9 Å². The van der Waals surface area contributed by atoms with Crippen LogP contribution in [0.15, 0.2) is 61.3 Å². The molecule has 1 amide bonds. The Labute approximate surface area is 251 Å². The molecule has 11 heteroatoms. The fourth-order valence-electron chi connectivity index (χ4n) is 5.73. The molecule has 0 spiro atoms. The third-order valence-electron chi connectivity index (χ3n) is 8.20. The van der Waals surface area contributed by atoms with E-state index in [0.29, 0.717) is 55.9 Å². The average Bonchev–Trinajstić information content (AvgIpc) is 3.46. The lowest BCUT2D eigenvalue weighted by Gasteiger charge is -2.36.